The second-order valence-corrected chi connectivity index (χ2v) is 4.63. The van der Waals surface area contributed by atoms with E-state index in [9.17, 15) is 0 Å². The van der Waals surface area contributed by atoms with E-state index in [1.165, 1.54) is 0 Å². The molecule has 0 radical (unpaired) electrons. The zero-order valence-electron chi connectivity index (χ0n) is 10.7. The van der Waals surface area contributed by atoms with Gasteiger partial charge in [0.25, 0.3) is 0 Å². The molecule has 0 saturated carbocycles. The Morgan fingerprint density at radius 1 is 1.38 bits per heavy atom. The first kappa shape index (κ1) is 13.7. The minimum Gasteiger partial charge on any atom is -0.375 e. The van der Waals surface area contributed by atoms with Crippen LogP contribution in [-0.2, 0) is 9.47 Å². The van der Waals surface area contributed by atoms with Gasteiger partial charge in [0, 0.05) is 12.6 Å². The fourth-order valence-electron chi connectivity index (χ4n) is 1.78. The van der Waals surface area contributed by atoms with Gasteiger partial charge in [0.1, 0.15) is 0 Å². The van der Waals surface area contributed by atoms with Crippen molar-refractivity contribution in [3.05, 3.63) is 12.2 Å². The molecule has 1 saturated heterocycles. The van der Waals surface area contributed by atoms with E-state index in [1.54, 1.807) is 0 Å². The van der Waals surface area contributed by atoms with Crippen LogP contribution in [0.2, 0.25) is 0 Å². The minimum absolute atomic E-state index is 0.296. The fourth-order valence-corrected chi connectivity index (χ4v) is 1.78. The molecule has 1 aliphatic rings. The van der Waals surface area contributed by atoms with Crippen LogP contribution >= 0.6 is 0 Å². The smallest absolute Gasteiger partial charge is 0.0814 e. The summed E-state index contributed by atoms with van der Waals surface area (Å²) in [5.41, 5.74) is 0. The summed E-state index contributed by atoms with van der Waals surface area (Å²) in [6.45, 7) is 8.71. The molecule has 0 aromatic rings. The van der Waals surface area contributed by atoms with E-state index in [2.05, 4.69) is 19.2 Å². The topological polar surface area (TPSA) is 30.5 Å². The van der Waals surface area contributed by atoms with Gasteiger partial charge in [-0.2, -0.15) is 0 Å². The summed E-state index contributed by atoms with van der Waals surface area (Å²) in [5, 5.41) is 3.41. The maximum atomic E-state index is 5.88. The Balaban J connectivity index is 2.05. The lowest BCUT2D eigenvalue weighted by Crippen LogP contribution is -2.32. The molecule has 0 bridgehead atoms. The van der Waals surface area contributed by atoms with Gasteiger partial charge < -0.3 is 14.8 Å². The largest absolute Gasteiger partial charge is 0.375 e. The first-order valence-corrected chi connectivity index (χ1v) is 6.30. The Labute approximate surface area is 99.2 Å². The van der Waals surface area contributed by atoms with E-state index in [0.29, 0.717) is 24.9 Å². The predicted molar refractivity (Wildman–Crippen MR) is 66.7 cm³/mol. The Kier molecular flexibility index (Phi) is 6.69. The normalized spacial score (nSPS) is 26.0. The van der Waals surface area contributed by atoms with E-state index in [4.69, 9.17) is 9.47 Å². The highest BCUT2D eigenvalue weighted by molar-refractivity contribution is 4.78. The molecule has 0 amide bonds. The van der Waals surface area contributed by atoms with Gasteiger partial charge >= 0.3 is 0 Å². The Morgan fingerprint density at radius 2 is 2.12 bits per heavy atom. The summed E-state index contributed by atoms with van der Waals surface area (Å²) in [5.74, 6) is 0. The van der Waals surface area contributed by atoms with Crippen LogP contribution in [0.4, 0.5) is 0 Å². The molecular weight excluding hydrogens is 202 g/mol. The molecule has 1 N–H and O–H groups in total. The number of hydrogen-bond donors (Lipinski definition) is 1. The fraction of sp³-hybridized carbons (Fsp3) is 0.846. The zero-order valence-corrected chi connectivity index (χ0v) is 10.7. The van der Waals surface area contributed by atoms with Crippen molar-refractivity contribution in [3.63, 3.8) is 0 Å². The molecule has 0 spiro atoms. The maximum absolute atomic E-state index is 5.88. The summed E-state index contributed by atoms with van der Waals surface area (Å²) < 4.78 is 11.4. The quantitative estimate of drug-likeness (QED) is 0.534. The van der Waals surface area contributed by atoms with Crippen molar-refractivity contribution in [3.8, 4) is 0 Å². The van der Waals surface area contributed by atoms with Crippen molar-refractivity contribution in [2.24, 2.45) is 0 Å². The number of hydrogen-bond acceptors (Lipinski definition) is 3. The van der Waals surface area contributed by atoms with E-state index < -0.39 is 0 Å². The van der Waals surface area contributed by atoms with Gasteiger partial charge in [-0.15, -0.1) is 0 Å². The molecule has 2 atom stereocenters. The van der Waals surface area contributed by atoms with Gasteiger partial charge in [0.15, 0.2) is 0 Å². The molecule has 0 aromatic heterocycles. The molecule has 94 valence electrons. The zero-order chi connectivity index (χ0) is 11.8. The number of nitrogens with one attached hydrogen (secondary N) is 1. The Hall–Kier alpha value is -0.380. The third-order valence-electron chi connectivity index (χ3n) is 2.70. The van der Waals surface area contributed by atoms with Gasteiger partial charge in [-0.05, 0) is 19.8 Å². The van der Waals surface area contributed by atoms with Gasteiger partial charge in [0.2, 0.25) is 0 Å². The van der Waals surface area contributed by atoms with E-state index in [0.717, 1.165) is 26.0 Å². The van der Waals surface area contributed by atoms with Crippen molar-refractivity contribution in [1.82, 2.24) is 5.32 Å². The molecule has 0 aromatic carbocycles. The Bertz CT molecular complexity index is 204. The molecule has 2 unspecified atom stereocenters. The summed E-state index contributed by atoms with van der Waals surface area (Å²) in [6, 6.07) is 0.536. The van der Waals surface area contributed by atoms with Crippen molar-refractivity contribution in [1.29, 1.82) is 0 Å². The van der Waals surface area contributed by atoms with Gasteiger partial charge in [-0.3, -0.25) is 0 Å². The number of allylic oxidation sites excluding steroid dienone is 1. The molecule has 3 nitrogen and oxygen atoms in total. The molecule has 1 rings (SSSR count). The van der Waals surface area contributed by atoms with Gasteiger partial charge in [-0.25, -0.2) is 0 Å². The number of ether oxygens (including phenoxy) is 2. The highest BCUT2D eigenvalue weighted by atomic mass is 16.5. The van der Waals surface area contributed by atoms with Crippen LogP contribution in [0, 0.1) is 0 Å². The highest BCUT2D eigenvalue weighted by Gasteiger charge is 2.24. The second-order valence-electron chi connectivity index (χ2n) is 4.63. The van der Waals surface area contributed by atoms with Crippen LogP contribution in [0.5, 0.6) is 0 Å². The van der Waals surface area contributed by atoms with Crippen molar-refractivity contribution >= 4 is 0 Å². The first-order chi connectivity index (χ1) is 7.72. The van der Waals surface area contributed by atoms with Crippen LogP contribution in [0.25, 0.3) is 0 Å². The highest BCUT2D eigenvalue weighted by Crippen LogP contribution is 2.19. The summed E-state index contributed by atoms with van der Waals surface area (Å²) in [7, 11) is 0. The lowest BCUT2D eigenvalue weighted by Gasteiger charge is -2.15. The molecule has 1 fully saturated rings. The maximum Gasteiger partial charge on any atom is 0.0814 e. The van der Waals surface area contributed by atoms with Gasteiger partial charge in [0.05, 0.1) is 25.4 Å². The number of rotatable bonds is 7. The van der Waals surface area contributed by atoms with Crippen molar-refractivity contribution in [2.45, 2.75) is 51.9 Å². The average molecular weight is 227 g/mol. The molecule has 0 aliphatic carbocycles. The van der Waals surface area contributed by atoms with Crippen LogP contribution in [-0.4, -0.2) is 38.0 Å². The predicted octanol–water partition coefficient (Wildman–Crippen LogP) is 2.12. The van der Waals surface area contributed by atoms with Gasteiger partial charge in [-0.1, -0.05) is 26.0 Å². The van der Waals surface area contributed by atoms with Crippen molar-refractivity contribution < 1.29 is 9.47 Å². The second kappa shape index (κ2) is 7.82. The summed E-state index contributed by atoms with van der Waals surface area (Å²) in [6.07, 6.45) is 6.97. The molecule has 3 heteroatoms. The lowest BCUT2D eigenvalue weighted by molar-refractivity contribution is -0.00857. The molecule has 16 heavy (non-hydrogen) atoms. The standard InChI is InChI=1S/C13H25NO2/c1-4-5-8-15-10-13-7-6-12(16-13)9-14-11(2)3/h4-5,11-14H,6-10H2,1-3H3. The molecule has 1 aliphatic heterocycles. The Morgan fingerprint density at radius 3 is 2.81 bits per heavy atom. The summed E-state index contributed by atoms with van der Waals surface area (Å²) >= 11 is 0. The van der Waals surface area contributed by atoms with Crippen LogP contribution < -0.4 is 5.32 Å². The van der Waals surface area contributed by atoms with E-state index in [-0.39, 0.29) is 0 Å². The third kappa shape index (κ3) is 5.64. The van der Waals surface area contributed by atoms with Crippen LogP contribution in [0.15, 0.2) is 12.2 Å². The molecule has 1 heterocycles. The summed E-state index contributed by atoms with van der Waals surface area (Å²) in [4.78, 5) is 0. The minimum atomic E-state index is 0.296. The van der Waals surface area contributed by atoms with Crippen LogP contribution in [0.1, 0.15) is 33.6 Å². The third-order valence-corrected chi connectivity index (χ3v) is 2.70. The van der Waals surface area contributed by atoms with E-state index >= 15 is 0 Å². The average Bonchev–Trinajstić information content (AvgIpc) is 2.70. The SMILES string of the molecule is CC=CCOCC1CCC(CNC(C)C)O1. The first-order valence-electron chi connectivity index (χ1n) is 6.30. The molecular formula is C13H25NO2. The monoisotopic (exact) mass is 227 g/mol. The lowest BCUT2D eigenvalue weighted by atomic mass is 10.2. The van der Waals surface area contributed by atoms with Crippen LogP contribution in [0.3, 0.4) is 0 Å². The van der Waals surface area contributed by atoms with E-state index in [1.807, 2.05) is 19.1 Å². The van der Waals surface area contributed by atoms with Crippen molar-refractivity contribution in [2.75, 3.05) is 19.8 Å².